The Hall–Kier alpha value is -3.85. The quantitative estimate of drug-likeness (QED) is 0.545. The molecule has 0 aliphatic carbocycles. The van der Waals surface area contributed by atoms with Crippen LogP contribution in [0.25, 0.3) is 0 Å². The molecule has 2 heterocycles. The van der Waals surface area contributed by atoms with Gasteiger partial charge in [-0.05, 0) is 47.9 Å². The topological polar surface area (TPSA) is 111 Å². The first-order valence-electron chi connectivity index (χ1n) is 11.3. The van der Waals surface area contributed by atoms with Crippen molar-refractivity contribution in [3.05, 3.63) is 77.9 Å². The molecule has 0 bridgehead atoms. The summed E-state index contributed by atoms with van der Waals surface area (Å²) in [6, 6.07) is 18.6. The maximum absolute atomic E-state index is 13.4. The molecule has 2 amide bonds. The van der Waals surface area contributed by atoms with Gasteiger partial charge in [0.15, 0.2) is 21.3 Å². The van der Waals surface area contributed by atoms with Crippen molar-refractivity contribution in [1.29, 1.82) is 0 Å². The zero-order chi connectivity index (χ0) is 24.4. The van der Waals surface area contributed by atoms with Gasteiger partial charge in [-0.15, -0.1) is 0 Å². The van der Waals surface area contributed by atoms with Crippen LogP contribution in [0.3, 0.4) is 0 Å². The van der Waals surface area contributed by atoms with Gasteiger partial charge in [0.2, 0.25) is 11.8 Å². The summed E-state index contributed by atoms with van der Waals surface area (Å²) in [4.78, 5) is 25.1. The number of carbonyl (C=O) groups is 2. The number of sulfone groups is 1. The summed E-state index contributed by atoms with van der Waals surface area (Å²) in [5, 5.41) is 5.59. The molecule has 8 nitrogen and oxygen atoms in total. The third-order valence-corrected chi connectivity index (χ3v) is 7.79. The fourth-order valence-corrected chi connectivity index (χ4v) is 5.80. The number of hydrogen-bond acceptors (Lipinski definition) is 6. The molecule has 3 aromatic rings. The zero-order valence-electron chi connectivity index (χ0n) is 18.8. The first-order chi connectivity index (χ1) is 16.9. The third-order valence-electron chi connectivity index (χ3n) is 6.05. The van der Waals surface area contributed by atoms with Gasteiger partial charge >= 0.3 is 0 Å². The molecule has 0 saturated carbocycles. The Morgan fingerprint density at radius 3 is 2.51 bits per heavy atom. The lowest BCUT2D eigenvalue weighted by molar-refractivity contribution is -0.117. The molecule has 3 aromatic carbocycles. The second-order valence-corrected chi connectivity index (χ2v) is 10.5. The Morgan fingerprint density at radius 2 is 1.71 bits per heavy atom. The van der Waals surface area contributed by atoms with E-state index in [1.807, 2.05) is 6.07 Å². The molecule has 0 aromatic heterocycles. The highest BCUT2D eigenvalue weighted by molar-refractivity contribution is 7.91. The van der Waals surface area contributed by atoms with Crippen molar-refractivity contribution in [2.45, 2.75) is 23.7 Å². The predicted molar refractivity (Wildman–Crippen MR) is 131 cm³/mol. The van der Waals surface area contributed by atoms with Crippen LogP contribution in [0, 0.1) is 0 Å². The minimum Gasteiger partial charge on any atom is -0.486 e. The van der Waals surface area contributed by atoms with Gasteiger partial charge in [-0.25, -0.2) is 8.42 Å². The minimum absolute atomic E-state index is 0.0898. The first-order valence-corrected chi connectivity index (χ1v) is 13.0. The van der Waals surface area contributed by atoms with Crippen LogP contribution in [0.4, 0.5) is 11.4 Å². The number of aryl methyl sites for hydroxylation is 1. The molecular weight excluding hydrogens is 468 g/mol. The number of carbonyl (C=O) groups excluding carboxylic acids is 2. The average molecular weight is 493 g/mol. The second-order valence-electron chi connectivity index (χ2n) is 8.46. The first kappa shape index (κ1) is 22.9. The molecule has 2 N–H and O–H groups in total. The molecule has 9 heteroatoms. The summed E-state index contributed by atoms with van der Waals surface area (Å²) in [6.07, 6.45) is 0.776. The highest BCUT2D eigenvalue weighted by Crippen LogP contribution is 2.33. The Kier molecular flexibility index (Phi) is 6.17. The summed E-state index contributed by atoms with van der Waals surface area (Å²) >= 11 is 0. The van der Waals surface area contributed by atoms with Crippen molar-refractivity contribution in [1.82, 2.24) is 0 Å². The molecule has 1 unspecified atom stereocenters. The van der Waals surface area contributed by atoms with Crippen LogP contribution < -0.4 is 20.1 Å². The van der Waals surface area contributed by atoms with Gasteiger partial charge in [0.25, 0.3) is 0 Å². The van der Waals surface area contributed by atoms with E-state index < -0.39 is 27.4 Å². The maximum atomic E-state index is 13.4. The predicted octanol–water partition coefficient (Wildman–Crippen LogP) is 3.54. The van der Waals surface area contributed by atoms with Gasteiger partial charge in [-0.3, -0.25) is 9.59 Å². The Balaban J connectivity index is 1.41. The molecule has 2 aliphatic heterocycles. The van der Waals surface area contributed by atoms with Gasteiger partial charge < -0.3 is 20.1 Å². The number of amides is 2. The molecule has 1 atom stereocenters. The number of hydrogen-bond donors (Lipinski definition) is 2. The van der Waals surface area contributed by atoms with E-state index >= 15 is 0 Å². The van der Waals surface area contributed by atoms with Gasteiger partial charge in [0.1, 0.15) is 13.2 Å². The Bertz CT molecular complexity index is 1390. The normalized spacial score (nSPS) is 15.5. The molecule has 2 aliphatic rings. The molecule has 35 heavy (non-hydrogen) atoms. The van der Waals surface area contributed by atoms with Crippen LogP contribution >= 0.6 is 0 Å². The lowest BCUT2D eigenvalue weighted by Crippen LogP contribution is -2.28. The largest absolute Gasteiger partial charge is 0.486 e. The summed E-state index contributed by atoms with van der Waals surface area (Å²) < 4.78 is 37.9. The number of ether oxygens (including phenoxy) is 2. The summed E-state index contributed by atoms with van der Waals surface area (Å²) in [5.41, 5.74) is 2.47. The van der Waals surface area contributed by atoms with Crippen LogP contribution in [0.15, 0.2) is 71.6 Å². The Labute approximate surface area is 203 Å². The van der Waals surface area contributed by atoms with E-state index in [4.69, 9.17) is 9.47 Å². The van der Waals surface area contributed by atoms with Crippen LogP contribution in [-0.2, 0) is 25.8 Å². The summed E-state index contributed by atoms with van der Waals surface area (Å²) in [6.45, 7) is 0.876. The van der Waals surface area contributed by atoms with E-state index in [2.05, 4.69) is 10.6 Å². The summed E-state index contributed by atoms with van der Waals surface area (Å²) in [5.74, 6) is -0.752. The van der Waals surface area contributed by atoms with Gasteiger partial charge in [-0.1, -0.05) is 30.3 Å². The lowest BCUT2D eigenvalue weighted by atomic mass is 10.00. The second kappa shape index (κ2) is 9.42. The van der Waals surface area contributed by atoms with Crippen molar-refractivity contribution in [3.63, 3.8) is 0 Å². The number of anilines is 2. The van der Waals surface area contributed by atoms with Crippen LogP contribution in [0.2, 0.25) is 0 Å². The van der Waals surface area contributed by atoms with Crippen LogP contribution in [0.1, 0.15) is 23.5 Å². The van der Waals surface area contributed by atoms with Gasteiger partial charge in [0.05, 0.1) is 16.6 Å². The smallest absolute Gasteiger partial charge is 0.232 e. The highest BCUT2D eigenvalue weighted by atomic mass is 32.2. The molecular formula is C26H24N2O6S. The van der Waals surface area contributed by atoms with Crippen molar-refractivity contribution in [2.24, 2.45) is 0 Å². The minimum atomic E-state index is -3.82. The van der Waals surface area contributed by atoms with Gasteiger partial charge in [-0.2, -0.15) is 0 Å². The number of rotatable bonds is 6. The van der Waals surface area contributed by atoms with E-state index in [0.29, 0.717) is 54.5 Å². The lowest BCUT2D eigenvalue weighted by Gasteiger charge is -2.21. The molecule has 180 valence electrons. The maximum Gasteiger partial charge on any atom is 0.232 e. The van der Waals surface area contributed by atoms with Gasteiger partial charge in [0, 0.05) is 23.9 Å². The zero-order valence-corrected chi connectivity index (χ0v) is 19.6. The molecule has 0 saturated heterocycles. The van der Waals surface area contributed by atoms with E-state index in [-0.39, 0.29) is 10.8 Å². The monoisotopic (exact) mass is 492 g/mol. The molecule has 5 rings (SSSR count). The Morgan fingerprint density at radius 1 is 0.943 bits per heavy atom. The number of fused-ring (bicyclic) bond motifs is 2. The van der Waals surface area contributed by atoms with Crippen LogP contribution in [-0.4, -0.2) is 39.2 Å². The van der Waals surface area contributed by atoms with Crippen molar-refractivity contribution in [2.75, 3.05) is 29.6 Å². The fraction of sp³-hybridized carbons (Fsp3) is 0.231. The van der Waals surface area contributed by atoms with E-state index in [1.54, 1.807) is 54.6 Å². The molecule has 0 fully saturated rings. The third kappa shape index (κ3) is 5.00. The van der Waals surface area contributed by atoms with E-state index in [1.165, 1.54) is 6.07 Å². The van der Waals surface area contributed by atoms with Crippen LogP contribution in [0.5, 0.6) is 11.5 Å². The SMILES string of the molecule is O=C1CCc2cc(S(=O)(=O)CC(C(=O)Nc3ccc4c(c3)OCCO4)c3ccccc3)ccc2N1. The highest BCUT2D eigenvalue weighted by Gasteiger charge is 2.30. The summed E-state index contributed by atoms with van der Waals surface area (Å²) in [7, 11) is -3.82. The van der Waals surface area contributed by atoms with Crippen molar-refractivity contribution < 1.29 is 27.5 Å². The standard InChI is InChI=1S/C26H24N2O6S/c29-25-11-6-18-14-20(8-9-22(18)28-25)35(31,32)16-21(17-4-2-1-3-5-17)26(30)27-19-7-10-23-24(15-19)34-13-12-33-23/h1-5,7-10,14-15,21H,6,11-13,16H2,(H,27,30)(H,28,29). The molecule has 0 radical (unpaired) electrons. The molecule has 0 spiro atoms. The van der Waals surface area contributed by atoms with Crippen molar-refractivity contribution in [3.8, 4) is 11.5 Å². The fourth-order valence-electron chi connectivity index (χ4n) is 4.23. The number of nitrogens with one attached hydrogen (secondary N) is 2. The average Bonchev–Trinajstić information content (AvgIpc) is 2.87. The van der Waals surface area contributed by atoms with E-state index in [0.717, 1.165) is 5.56 Å². The van der Waals surface area contributed by atoms with E-state index in [9.17, 15) is 18.0 Å². The van der Waals surface area contributed by atoms with Crippen molar-refractivity contribution >= 4 is 33.0 Å². The number of benzene rings is 3.